The molecule has 20 heavy (non-hydrogen) atoms. The molecule has 1 aromatic rings. The van der Waals surface area contributed by atoms with Crippen molar-refractivity contribution in [3.63, 3.8) is 0 Å². The first-order chi connectivity index (χ1) is 9.54. The Balaban J connectivity index is 1.61. The summed E-state index contributed by atoms with van der Waals surface area (Å²) >= 11 is 1.34. The molecule has 0 amide bonds. The fraction of sp³-hybridized carbons (Fsp3) is 0.714. The molecule has 1 saturated heterocycles. The predicted octanol–water partition coefficient (Wildman–Crippen LogP) is 2.35. The van der Waals surface area contributed by atoms with Crippen molar-refractivity contribution < 1.29 is 8.42 Å². The smallest absolute Gasteiger partial charge is 0.250 e. The lowest BCUT2D eigenvalue weighted by Gasteiger charge is -2.23. The summed E-state index contributed by atoms with van der Waals surface area (Å²) in [7, 11) is -3.33. The van der Waals surface area contributed by atoms with Crippen molar-refractivity contribution >= 4 is 21.4 Å². The van der Waals surface area contributed by atoms with Crippen molar-refractivity contribution in [1.29, 1.82) is 0 Å². The number of thiophene rings is 1. The molecule has 6 heteroatoms. The molecular formula is C14H22N2O2S2. The first-order valence-corrected chi connectivity index (χ1v) is 9.67. The summed E-state index contributed by atoms with van der Waals surface area (Å²) in [6, 6.07) is 4.32. The number of likely N-dealkylation sites (tertiary alicyclic amines) is 1. The normalized spacial score (nSPS) is 25.6. The summed E-state index contributed by atoms with van der Waals surface area (Å²) in [6.45, 7) is 3.83. The van der Waals surface area contributed by atoms with Crippen molar-refractivity contribution in [2.45, 2.75) is 55.3 Å². The highest BCUT2D eigenvalue weighted by Gasteiger charge is 2.32. The van der Waals surface area contributed by atoms with Gasteiger partial charge in [0.05, 0.1) is 0 Å². The topological polar surface area (TPSA) is 49.4 Å². The molecule has 4 nitrogen and oxygen atoms in total. The van der Waals surface area contributed by atoms with E-state index < -0.39 is 10.0 Å². The van der Waals surface area contributed by atoms with Crippen molar-refractivity contribution in [2.24, 2.45) is 0 Å². The largest absolute Gasteiger partial charge is 0.299 e. The summed E-state index contributed by atoms with van der Waals surface area (Å²) in [5, 5.41) is 0. The predicted molar refractivity (Wildman–Crippen MR) is 81.6 cm³/mol. The highest BCUT2D eigenvalue weighted by molar-refractivity contribution is 7.91. The molecule has 1 saturated carbocycles. The van der Waals surface area contributed by atoms with Gasteiger partial charge in [0, 0.05) is 30.1 Å². The molecule has 2 fully saturated rings. The third-order valence-electron chi connectivity index (χ3n) is 4.36. The Morgan fingerprint density at radius 1 is 1.25 bits per heavy atom. The number of hydrogen-bond donors (Lipinski definition) is 1. The van der Waals surface area contributed by atoms with Gasteiger partial charge in [-0.2, -0.15) is 0 Å². The van der Waals surface area contributed by atoms with Crippen molar-refractivity contribution in [3.05, 3.63) is 17.0 Å². The van der Waals surface area contributed by atoms with Gasteiger partial charge in [-0.25, -0.2) is 13.1 Å². The number of aryl methyl sites for hydroxylation is 1. The van der Waals surface area contributed by atoms with Gasteiger partial charge in [0.15, 0.2) is 0 Å². The molecule has 0 bridgehead atoms. The van der Waals surface area contributed by atoms with Crippen LogP contribution in [0.25, 0.3) is 0 Å². The van der Waals surface area contributed by atoms with E-state index in [1.165, 1.54) is 37.0 Å². The summed E-state index contributed by atoms with van der Waals surface area (Å²) < 4.78 is 27.9. The minimum absolute atomic E-state index is 0.0722. The van der Waals surface area contributed by atoms with E-state index in [1.807, 2.05) is 13.0 Å². The standard InChI is InChI=1S/C14H22N2O2S2/c1-11-6-7-14(19-11)20(17,18)15-12-8-9-16(10-12)13-4-2-3-5-13/h6-7,12-13,15H,2-5,8-10H2,1H3/t12-/m0/s1. The molecule has 1 atom stereocenters. The van der Waals surface area contributed by atoms with Crippen LogP contribution < -0.4 is 4.72 Å². The molecule has 0 spiro atoms. The highest BCUT2D eigenvalue weighted by atomic mass is 32.2. The lowest BCUT2D eigenvalue weighted by atomic mass is 10.2. The molecule has 1 aliphatic carbocycles. The van der Waals surface area contributed by atoms with E-state index in [0.29, 0.717) is 10.3 Å². The van der Waals surface area contributed by atoms with E-state index in [0.717, 1.165) is 24.4 Å². The highest BCUT2D eigenvalue weighted by Crippen LogP contribution is 2.27. The average molecular weight is 314 g/mol. The van der Waals surface area contributed by atoms with Crippen LogP contribution >= 0.6 is 11.3 Å². The Kier molecular flexibility index (Phi) is 4.17. The van der Waals surface area contributed by atoms with Gasteiger partial charge in [-0.15, -0.1) is 11.3 Å². The van der Waals surface area contributed by atoms with Gasteiger partial charge in [-0.3, -0.25) is 4.90 Å². The van der Waals surface area contributed by atoms with E-state index >= 15 is 0 Å². The van der Waals surface area contributed by atoms with Crippen molar-refractivity contribution in [1.82, 2.24) is 9.62 Å². The van der Waals surface area contributed by atoms with Crippen LogP contribution in [-0.2, 0) is 10.0 Å². The van der Waals surface area contributed by atoms with Crippen LogP contribution in [-0.4, -0.2) is 38.5 Å². The van der Waals surface area contributed by atoms with Gasteiger partial charge in [0.1, 0.15) is 4.21 Å². The van der Waals surface area contributed by atoms with Crippen molar-refractivity contribution in [2.75, 3.05) is 13.1 Å². The van der Waals surface area contributed by atoms with Gasteiger partial charge in [-0.05, 0) is 38.3 Å². The Hall–Kier alpha value is -0.430. The zero-order chi connectivity index (χ0) is 14.2. The minimum atomic E-state index is -3.33. The molecule has 1 aliphatic heterocycles. The summed E-state index contributed by atoms with van der Waals surface area (Å²) in [5.74, 6) is 0. The van der Waals surface area contributed by atoms with Gasteiger partial charge < -0.3 is 0 Å². The number of sulfonamides is 1. The van der Waals surface area contributed by atoms with E-state index in [9.17, 15) is 8.42 Å². The number of nitrogens with one attached hydrogen (secondary N) is 1. The first-order valence-electron chi connectivity index (χ1n) is 7.37. The number of rotatable bonds is 4. The maximum Gasteiger partial charge on any atom is 0.250 e. The van der Waals surface area contributed by atoms with E-state index in [4.69, 9.17) is 0 Å². The molecule has 0 aromatic carbocycles. The summed E-state index contributed by atoms with van der Waals surface area (Å²) in [6.07, 6.45) is 6.14. The zero-order valence-electron chi connectivity index (χ0n) is 11.8. The van der Waals surface area contributed by atoms with Crippen LogP contribution in [0, 0.1) is 6.92 Å². The van der Waals surface area contributed by atoms with Crippen LogP contribution in [0.5, 0.6) is 0 Å². The fourth-order valence-corrected chi connectivity index (χ4v) is 5.88. The molecule has 2 aliphatic rings. The SMILES string of the molecule is Cc1ccc(S(=O)(=O)N[C@H]2CCN(C3CCCC3)C2)s1. The molecule has 1 aromatic heterocycles. The van der Waals surface area contributed by atoms with Crippen LogP contribution in [0.2, 0.25) is 0 Å². The Bertz CT molecular complexity index is 561. The molecule has 2 heterocycles. The van der Waals surface area contributed by atoms with Gasteiger partial charge in [-0.1, -0.05) is 12.8 Å². The average Bonchev–Trinajstić information content (AvgIpc) is 3.06. The maximum absolute atomic E-state index is 12.3. The number of nitrogens with zero attached hydrogens (tertiary/aromatic N) is 1. The molecule has 0 unspecified atom stereocenters. The fourth-order valence-electron chi connectivity index (χ4n) is 3.32. The van der Waals surface area contributed by atoms with Crippen LogP contribution in [0.3, 0.4) is 0 Å². The van der Waals surface area contributed by atoms with Crippen LogP contribution in [0.4, 0.5) is 0 Å². The second kappa shape index (κ2) is 5.75. The maximum atomic E-state index is 12.3. The molecule has 3 rings (SSSR count). The lowest BCUT2D eigenvalue weighted by Crippen LogP contribution is -2.38. The second-order valence-corrected chi connectivity index (χ2v) is 9.13. The van der Waals surface area contributed by atoms with Gasteiger partial charge >= 0.3 is 0 Å². The van der Waals surface area contributed by atoms with E-state index in [2.05, 4.69) is 9.62 Å². The molecule has 0 radical (unpaired) electrons. The lowest BCUT2D eigenvalue weighted by molar-refractivity contribution is 0.242. The summed E-state index contributed by atoms with van der Waals surface area (Å²) in [4.78, 5) is 3.50. The van der Waals surface area contributed by atoms with Crippen LogP contribution in [0.15, 0.2) is 16.3 Å². The second-order valence-electron chi connectivity index (χ2n) is 5.91. The third-order valence-corrected chi connectivity index (χ3v) is 7.38. The van der Waals surface area contributed by atoms with E-state index in [-0.39, 0.29) is 6.04 Å². The van der Waals surface area contributed by atoms with E-state index in [1.54, 1.807) is 6.07 Å². The Labute approximate surface area is 125 Å². The zero-order valence-corrected chi connectivity index (χ0v) is 13.5. The summed E-state index contributed by atoms with van der Waals surface area (Å²) in [5.41, 5.74) is 0. The first kappa shape index (κ1) is 14.5. The number of hydrogen-bond acceptors (Lipinski definition) is 4. The van der Waals surface area contributed by atoms with Crippen LogP contribution in [0.1, 0.15) is 37.0 Å². The van der Waals surface area contributed by atoms with Gasteiger partial charge in [0.2, 0.25) is 10.0 Å². The quantitative estimate of drug-likeness (QED) is 0.928. The monoisotopic (exact) mass is 314 g/mol. The van der Waals surface area contributed by atoms with Crippen molar-refractivity contribution in [3.8, 4) is 0 Å². The third kappa shape index (κ3) is 3.08. The van der Waals surface area contributed by atoms with Gasteiger partial charge in [0.25, 0.3) is 0 Å². The molecular weight excluding hydrogens is 292 g/mol. The Morgan fingerprint density at radius 3 is 2.65 bits per heavy atom. The minimum Gasteiger partial charge on any atom is -0.299 e. The molecule has 1 N–H and O–H groups in total. The molecule has 112 valence electrons. The Morgan fingerprint density at radius 2 is 2.00 bits per heavy atom.